The Morgan fingerprint density at radius 3 is 1.08 bits per heavy atom. The number of nitrogens with zero attached hydrogens (tertiary/aromatic N) is 4. The molecule has 274 valence electrons. The number of fused-ring (bicyclic) bond motifs is 8. The van der Waals surface area contributed by atoms with Crippen LogP contribution in [0.15, 0.2) is 72.8 Å². The van der Waals surface area contributed by atoms with Crippen LogP contribution in [-0.4, -0.2) is 9.97 Å². The van der Waals surface area contributed by atoms with Crippen LogP contribution in [0.4, 0.5) is 0 Å². The summed E-state index contributed by atoms with van der Waals surface area (Å²) in [6, 6.07) is 26.6. The molecular weight excluding hydrogens is 691 g/mol. The average molecular weight is 744 g/mol. The topological polar surface area (TPSA) is 54.0 Å². The fourth-order valence-corrected chi connectivity index (χ4v) is 6.82. The number of hydrogen-bond acceptors (Lipinski definition) is 2. The molecule has 53 heavy (non-hydrogen) atoms. The van der Waals surface area contributed by atoms with Gasteiger partial charge in [-0.15, -0.1) is 22.1 Å². The molecule has 2 aliphatic rings. The molecule has 0 atom stereocenters. The van der Waals surface area contributed by atoms with Gasteiger partial charge in [0.25, 0.3) is 0 Å². The van der Waals surface area contributed by atoms with E-state index in [-0.39, 0.29) is 38.2 Å². The Bertz CT molecular complexity index is 2280. The maximum Gasteiger partial charge on any atom is 2.00 e. The molecule has 4 nitrogen and oxygen atoms in total. The Labute approximate surface area is 326 Å². The van der Waals surface area contributed by atoms with Crippen LogP contribution in [-0.2, 0) is 38.2 Å². The van der Waals surface area contributed by atoms with Crippen molar-refractivity contribution in [3.05, 3.63) is 118 Å². The third-order valence-corrected chi connectivity index (χ3v) is 10.2. The Morgan fingerprint density at radius 2 is 0.736 bits per heavy atom. The summed E-state index contributed by atoms with van der Waals surface area (Å²) in [4.78, 5) is 20.8. The Kier molecular flexibility index (Phi) is 9.70. The van der Waals surface area contributed by atoms with Crippen LogP contribution in [0.3, 0.4) is 0 Å². The van der Waals surface area contributed by atoms with Gasteiger partial charge < -0.3 is 9.97 Å². The van der Waals surface area contributed by atoms with Crippen LogP contribution in [0.2, 0.25) is 0 Å². The standard InChI is InChI=1S/C48H52N4.Ni/c1-45(2,3)31-21-29(22-32(25-31)46(4,5)6)43-39-17-13-35(49-39)27-37-15-19-41(51-37)44(42-20-16-38(52-42)28-36-14-18-40(43)50-36)30-23-33(47(7,8)9)26-34(24-30)48(10,11)12;/h13-28H,1-12H3;/q-2;+2. The van der Waals surface area contributed by atoms with Gasteiger partial charge in [-0.3, -0.25) is 0 Å². The predicted octanol–water partition coefficient (Wildman–Crippen LogP) is 12.4. The minimum atomic E-state index is -0.0216. The van der Waals surface area contributed by atoms with Crippen LogP contribution >= 0.6 is 0 Å². The van der Waals surface area contributed by atoms with Gasteiger partial charge in [0.1, 0.15) is 0 Å². The van der Waals surface area contributed by atoms with Gasteiger partial charge in [-0.05, 0) is 84.9 Å². The molecule has 5 aromatic rings. The predicted molar refractivity (Wildman–Crippen MR) is 222 cm³/mol. The second kappa shape index (κ2) is 13.4. The molecule has 0 amide bonds. The first-order chi connectivity index (χ1) is 24.2. The van der Waals surface area contributed by atoms with Crippen LogP contribution < -0.4 is 9.97 Å². The number of hydrogen-bond donors (Lipinski definition) is 0. The van der Waals surface area contributed by atoms with Gasteiger partial charge in [-0.2, -0.15) is 0 Å². The summed E-state index contributed by atoms with van der Waals surface area (Å²) >= 11 is 0. The van der Waals surface area contributed by atoms with E-state index in [0.717, 1.165) is 67.1 Å². The normalized spacial score (nSPS) is 13.4. The maximum atomic E-state index is 5.21. The van der Waals surface area contributed by atoms with E-state index in [1.807, 2.05) is 0 Å². The fraction of sp³-hybridized carbons (Fsp3) is 0.333. The van der Waals surface area contributed by atoms with E-state index >= 15 is 0 Å². The van der Waals surface area contributed by atoms with E-state index in [9.17, 15) is 0 Å². The molecule has 3 aromatic heterocycles. The molecule has 0 aliphatic carbocycles. The first-order valence-corrected chi connectivity index (χ1v) is 18.6. The summed E-state index contributed by atoms with van der Waals surface area (Å²) in [7, 11) is 0. The maximum absolute atomic E-state index is 5.21. The zero-order chi connectivity index (χ0) is 37.4. The largest absolute Gasteiger partial charge is 2.00 e. The summed E-state index contributed by atoms with van der Waals surface area (Å²) in [6.07, 6.45) is 8.42. The molecular formula is C48H52N4Ni. The summed E-state index contributed by atoms with van der Waals surface area (Å²) in [6.45, 7) is 27.3. The Hall–Kier alpha value is -4.47. The third-order valence-electron chi connectivity index (χ3n) is 10.2. The molecule has 0 saturated heterocycles. The van der Waals surface area contributed by atoms with E-state index in [2.05, 4.69) is 180 Å². The zero-order valence-corrected chi connectivity index (χ0v) is 34.3. The minimum absolute atomic E-state index is 0. The molecule has 8 bridgehead atoms. The van der Waals surface area contributed by atoms with Gasteiger partial charge in [0, 0.05) is 5.56 Å². The van der Waals surface area contributed by atoms with Gasteiger partial charge in [0.05, 0.1) is 22.8 Å². The summed E-state index contributed by atoms with van der Waals surface area (Å²) in [5, 5.41) is 0. The molecule has 0 fully saturated rings. The molecule has 0 N–H and O–H groups in total. The van der Waals surface area contributed by atoms with Gasteiger partial charge in [0.15, 0.2) is 0 Å². The second-order valence-corrected chi connectivity index (χ2v) is 18.7. The summed E-state index contributed by atoms with van der Waals surface area (Å²) in [5.41, 5.74) is 16.5. The van der Waals surface area contributed by atoms with Gasteiger partial charge in [0.2, 0.25) is 0 Å². The van der Waals surface area contributed by atoms with Gasteiger partial charge in [-0.25, -0.2) is 9.97 Å². The molecule has 0 radical (unpaired) electrons. The molecule has 5 heteroatoms. The third kappa shape index (κ3) is 7.92. The molecule has 0 unspecified atom stereocenters. The number of benzene rings is 2. The molecule has 0 spiro atoms. The van der Waals surface area contributed by atoms with Crippen LogP contribution in [0.25, 0.3) is 68.6 Å². The molecule has 2 aliphatic heterocycles. The van der Waals surface area contributed by atoms with Crippen LogP contribution in [0.5, 0.6) is 0 Å². The van der Waals surface area contributed by atoms with Gasteiger partial charge in [-0.1, -0.05) is 156 Å². The second-order valence-electron chi connectivity index (χ2n) is 18.7. The zero-order valence-electron chi connectivity index (χ0n) is 33.3. The molecule has 2 aromatic carbocycles. The fourth-order valence-electron chi connectivity index (χ4n) is 6.82. The van der Waals surface area contributed by atoms with Crippen molar-refractivity contribution >= 4 is 46.4 Å². The first kappa shape index (κ1) is 38.3. The molecule has 0 saturated carbocycles. The van der Waals surface area contributed by atoms with Crippen molar-refractivity contribution in [1.29, 1.82) is 0 Å². The van der Waals surface area contributed by atoms with Crippen molar-refractivity contribution in [2.24, 2.45) is 0 Å². The summed E-state index contributed by atoms with van der Waals surface area (Å²) in [5.74, 6) is 0. The van der Waals surface area contributed by atoms with E-state index < -0.39 is 0 Å². The van der Waals surface area contributed by atoms with Crippen molar-refractivity contribution in [3.8, 4) is 22.3 Å². The van der Waals surface area contributed by atoms with Crippen LogP contribution in [0, 0.1) is 0 Å². The van der Waals surface area contributed by atoms with Crippen molar-refractivity contribution in [1.82, 2.24) is 19.9 Å². The van der Waals surface area contributed by atoms with E-state index in [0.29, 0.717) is 0 Å². The molecule has 5 heterocycles. The smallest absolute Gasteiger partial charge is 0.657 e. The van der Waals surface area contributed by atoms with Gasteiger partial charge >= 0.3 is 16.5 Å². The van der Waals surface area contributed by atoms with E-state index in [1.165, 1.54) is 22.3 Å². The Balaban J connectivity index is 0.00000481. The first-order valence-electron chi connectivity index (χ1n) is 18.6. The number of rotatable bonds is 2. The quantitative estimate of drug-likeness (QED) is 0.166. The van der Waals surface area contributed by atoms with Crippen molar-refractivity contribution in [2.45, 2.75) is 105 Å². The Morgan fingerprint density at radius 1 is 0.396 bits per heavy atom. The van der Waals surface area contributed by atoms with Crippen molar-refractivity contribution in [2.75, 3.05) is 0 Å². The summed E-state index contributed by atoms with van der Waals surface area (Å²) < 4.78 is 0. The van der Waals surface area contributed by atoms with Crippen LogP contribution in [0.1, 0.15) is 128 Å². The average Bonchev–Trinajstić information content (AvgIpc) is 3.86. The monoisotopic (exact) mass is 742 g/mol. The van der Waals surface area contributed by atoms with E-state index in [1.54, 1.807) is 0 Å². The van der Waals surface area contributed by atoms with E-state index in [4.69, 9.17) is 19.9 Å². The minimum Gasteiger partial charge on any atom is -0.657 e. The number of aromatic nitrogens is 4. The van der Waals surface area contributed by atoms with Crippen molar-refractivity contribution < 1.29 is 16.5 Å². The molecule has 7 rings (SSSR count). The van der Waals surface area contributed by atoms with Crippen molar-refractivity contribution in [3.63, 3.8) is 0 Å². The SMILES string of the molecule is CC(C)(C)c1cc(-c2c3nc(cc4ccc([n-]4)c(-c4cc(C(C)(C)C)cc(C(C)(C)C)c4)c4ccc(cc5nc2C=C5)[n-]4)C=C3)cc(C(C)(C)C)c1.[Ni+2].